The number of aliphatic imine (C=N–C) groups is 1. The van der Waals surface area contributed by atoms with E-state index in [1.54, 1.807) is 12.1 Å². The highest BCUT2D eigenvalue weighted by molar-refractivity contribution is 5.96. The molecule has 0 amide bonds. The molecule has 0 aromatic heterocycles. The molecule has 0 unspecified atom stereocenters. The molecule has 9 heteroatoms. The van der Waals surface area contributed by atoms with Crippen molar-refractivity contribution in [1.82, 2.24) is 5.32 Å². The van der Waals surface area contributed by atoms with Crippen LogP contribution in [-0.2, 0) is 16.1 Å². The van der Waals surface area contributed by atoms with Crippen molar-refractivity contribution in [3.8, 4) is 0 Å². The summed E-state index contributed by atoms with van der Waals surface area (Å²) in [6.07, 6.45) is 2.08. The van der Waals surface area contributed by atoms with Crippen LogP contribution in [0.25, 0.3) is 0 Å². The van der Waals surface area contributed by atoms with Gasteiger partial charge in [0.2, 0.25) is 0 Å². The van der Waals surface area contributed by atoms with Gasteiger partial charge >= 0.3 is 5.97 Å². The van der Waals surface area contributed by atoms with Crippen LogP contribution in [0.4, 0.5) is 5.69 Å². The van der Waals surface area contributed by atoms with Crippen molar-refractivity contribution < 1.29 is 14.5 Å². The van der Waals surface area contributed by atoms with Gasteiger partial charge in [-0.1, -0.05) is 0 Å². The summed E-state index contributed by atoms with van der Waals surface area (Å²) in [6, 6.07) is 5.85. The van der Waals surface area contributed by atoms with Gasteiger partial charge in [-0.25, -0.2) is 0 Å². The molecule has 8 nitrogen and oxygen atoms in total. The van der Waals surface area contributed by atoms with E-state index in [-0.39, 0.29) is 37.0 Å². The molecule has 0 saturated carbocycles. The van der Waals surface area contributed by atoms with Crippen LogP contribution in [0.15, 0.2) is 29.3 Å². The fraction of sp³-hybridized carbons (Fsp3) is 0.500. The van der Waals surface area contributed by atoms with E-state index >= 15 is 0 Å². The van der Waals surface area contributed by atoms with Gasteiger partial charge < -0.3 is 15.8 Å². The fourth-order valence-corrected chi connectivity index (χ4v) is 2.48. The van der Waals surface area contributed by atoms with Crippen LogP contribution in [0, 0.1) is 16.0 Å². The number of ether oxygens (including phenoxy) is 1. The van der Waals surface area contributed by atoms with Crippen molar-refractivity contribution in [2.45, 2.75) is 25.9 Å². The molecule has 2 rings (SSSR count). The number of nitro benzene ring substituents is 1. The predicted molar refractivity (Wildman–Crippen MR) is 96.8 cm³/mol. The van der Waals surface area contributed by atoms with Crippen molar-refractivity contribution in [3.63, 3.8) is 0 Å². The Morgan fingerprint density at radius 1 is 1.40 bits per heavy atom. The van der Waals surface area contributed by atoms with Crippen molar-refractivity contribution in [2.24, 2.45) is 16.6 Å². The number of rotatable bonds is 8. The lowest BCUT2D eigenvalue weighted by Crippen LogP contribution is -2.19. The Bertz CT molecular complexity index is 601. The molecule has 25 heavy (non-hydrogen) atoms. The quantitative estimate of drug-likeness (QED) is 0.237. The first-order valence-electron chi connectivity index (χ1n) is 7.93. The van der Waals surface area contributed by atoms with Crippen LogP contribution in [-0.4, -0.2) is 36.4 Å². The number of amidine groups is 1. The number of nitrogens with zero attached hydrogens (tertiary/aromatic N) is 2. The highest BCUT2D eigenvalue weighted by atomic mass is 35.5. The third kappa shape index (κ3) is 7.49. The summed E-state index contributed by atoms with van der Waals surface area (Å²) in [5.74, 6) is 0.447. The number of halogens is 1. The van der Waals surface area contributed by atoms with Crippen LogP contribution in [0.2, 0.25) is 0 Å². The van der Waals surface area contributed by atoms with Crippen molar-refractivity contribution in [3.05, 3.63) is 39.9 Å². The number of carbonyl (C=O) groups is 1. The number of nitrogens with one attached hydrogen (secondary N) is 1. The van der Waals surface area contributed by atoms with Gasteiger partial charge in [0.25, 0.3) is 5.69 Å². The number of carbonyl (C=O) groups excluding carboxylic acids is 1. The molecule has 1 aliphatic heterocycles. The summed E-state index contributed by atoms with van der Waals surface area (Å²) >= 11 is 0. The van der Waals surface area contributed by atoms with Gasteiger partial charge in [0.05, 0.1) is 4.92 Å². The normalized spacial score (nSPS) is 17.0. The topological polar surface area (TPSA) is 120 Å². The smallest absolute Gasteiger partial charge is 0.313 e. The Balaban J connectivity index is 0.00000312. The first kappa shape index (κ1) is 20.9. The van der Waals surface area contributed by atoms with Gasteiger partial charge in [-0.05, 0) is 49.5 Å². The van der Waals surface area contributed by atoms with E-state index in [4.69, 9.17) is 10.5 Å². The van der Waals surface area contributed by atoms with Gasteiger partial charge in [0, 0.05) is 18.7 Å². The van der Waals surface area contributed by atoms with Gasteiger partial charge in [-0.2, -0.15) is 0 Å². The van der Waals surface area contributed by atoms with Crippen LogP contribution in [0.3, 0.4) is 0 Å². The van der Waals surface area contributed by atoms with Crippen molar-refractivity contribution in [1.29, 1.82) is 0 Å². The maximum Gasteiger partial charge on any atom is 0.313 e. The molecule has 1 fully saturated rings. The van der Waals surface area contributed by atoms with Gasteiger partial charge in [0.15, 0.2) is 0 Å². The molecule has 1 heterocycles. The lowest BCUT2D eigenvalue weighted by Gasteiger charge is -2.07. The molecule has 0 spiro atoms. The van der Waals surface area contributed by atoms with Crippen molar-refractivity contribution >= 4 is 29.9 Å². The van der Waals surface area contributed by atoms with E-state index in [2.05, 4.69) is 10.3 Å². The minimum absolute atomic E-state index is 0. The van der Waals surface area contributed by atoms with E-state index in [9.17, 15) is 14.9 Å². The zero-order valence-electron chi connectivity index (χ0n) is 13.8. The maximum atomic E-state index is 11.7. The van der Waals surface area contributed by atoms with E-state index in [1.165, 1.54) is 12.1 Å². The third-order valence-corrected chi connectivity index (χ3v) is 3.89. The number of benzene rings is 1. The first-order chi connectivity index (χ1) is 11.5. The van der Waals surface area contributed by atoms with Crippen LogP contribution >= 0.6 is 12.4 Å². The molecule has 138 valence electrons. The molecule has 1 aromatic rings. The number of nitrogens with two attached hydrogens (primary N) is 1. The molecule has 3 N–H and O–H groups in total. The second-order valence-corrected chi connectivity index (χ2v) is 5.78. The molecule has 1 atom stereocenters. The SMILES string of the molecule is Cl.NC(CC(=O)OCc1ccc([N+](=O)[O-])cc1)=NCC[C@H]1CCNC1. The van der Waals surface area contributed by atoms with Gasteiger partial charge in [-0.3, -0.25) is 19.9 Å². The summed E-state index contributed by atoms with van der Waals surface area (Å²) in [6.45, 7) is 2.75. The Hall–Kier alpha value is -2.19. The fourth-order valence-electron chi connectivity index (χ4n) is 2.48. The van der Waals surface area contributed by atoms with E-state index in [0.717, 1.165) is 25.9 Å². The van der Waals surface area contributed by atoms with Gasteiger partial charge in [-0.15, -0.1) is 12.4 Å². The molecule has 0 radical (unpaired) electrons. The summed E-state index contributed by atoms with van der Waals surface area (Å²) in [4.78, 5) is 26.0. The van der Waals surface area contributed by atoms with E-state index < -0.39 is 10.9 Å². The summed E-state index contributed by atoms with van der Waals surface area (Å²) in [5, 5.41) is 13.9. The number of esters is 1. The minimum Gasteiger partial charge on any atom is -0.460 e. The van der Waals surface area contributed by atoms with E-state index in [1.807, 2.05) is 0 Å². The summed E-state index contributed by atoms with van der Waals surface area (Å²) < 4.78 is 5.10. The first-order valence-corrected chi connectivity index (χ1v) is 7.93. The minimum atomic E-state index is -0.478. The zero-order valence-corrected chi connectivity index (χ0v) is 14.7. The molecule has 0 aliphatic carbocycles. The molecular weight excluding hydrogens is 348 g/mol. The van der Waals surface area contributed by atoms with Gasteiger partial charge in [0.1, 0.15) is 18.9 Å². The second-order valence-electron chi connectivity index (χ2n) is 5.78. The zero-order chi connectivity index (χ0) is 17.4. The number of hydrogen-bond acceptors (Lipinski definition) is 6. The molecule has 1 aliphatic rings. The van der Waals surface area contributed by atoms with Crippen LogP contribution in [0.1, 0.15) is 24.8 Å². The standard InChI is InChI=1S/C16H22N4O4.ClH/c17-15(19-8-6-12-5-7-18-10-12)9-16(21)24-11-13-1-3-14(4-2-13)20(22)23;/h1-4,12,18H,5-11H2,(H2,17,19);1H/t12-;/m1./s1. The number of non-ortho nitro benzene ring substituents is 1. The van der Waals surface area contributed by atoms with Crippen molar-refractivity contribution in [2.75, 3.05) is 19.6 Å². The molecule has 1 saturated heterocycles. The largest absolute Gasteiger partial charge is 0.460 e. The average Bonchev–Trinajstić information content (AvgIpc) is 3.06. The highest BCUT2D eigenvalue weighted by Crippen LogP contribution is 2.13. The Kier molecular flexibility index (Phi) is 8.87. The lowest BCUT2D eigenvalue weighted by molar-refractivity contribution is -0.384. The second kappa shape index (κ2) is 10.6. The summed E-state index contributed by atoms with van der Waals surface area (Å²) in [5.41, 5.74) is 6.42. The summed E-state index contributed by atoms with van der Waals surface area (Å²) in [7, 11) is 0. The average molecular weight is 371 g/mol. The molecular formula is C16H23ClN4O4. The monoisotopic (exact) mass is 370 g/mol. The molecule has 1 aromatic carbocycles. The lowest BCUT2D eigenvalue weighted by atomic mass is 10.1. The number of nitro groups is 1. The van der Waals surface area contributed by atoms with Crippen LogP contribution in [0.5, 0.6) is 0 Å². The third-order valence-electron chi connectivity index (χ3n) is 3.89. The Labute approximate surface area is 152 Å². The van der Waals surface area contributed by atoms with E-state index in [0.29, 0.717) is 18.0 Å². The van der Waals surface area contributed by atoms with Crippen LogP contribution < -0.4 is 11.1 Å². The number of hydrogen-bond donors (Lipinski definition) is 2. The molecule has 0 bridgehead atoms. The predicted octanol–water partition coefficient (Wildman–Crippen LogP) is 1.81. The highest BCUT2D eigenvalue weighted by Gasteiger charge is 2.13. The maximum absolute atomic E-state index is 11.7. The Morgan fingerprint density at radius 2 is 2.12 bits per heavy atom. The Morgan fingerprint density at radius 3 is 2.72 bits per heavy atom.